The van der Waals surface area contributed by atoms with Crippen LogP contribution in [0.4, 0.5) is 11.4 Å². The fourth-order valence-corrected chi connectivity index (χ4v) is 6.47. The summed E-state index contributed by atoms with van der Waals surface area (Å²) in [6.07, 6.45) is 10.9. The minimum absolute atomic E-state index is 0.0376. The summed E-state index contributed by atoms with van der Waals surface area (Å²) in [6.45, 7) is 22.0. The van der Waals surface area contributed by atoms with Gasteiger partial charge in [0.1, 0.15) is 5.58 Å². The van der Waals surface area contributed by atoms with E-state index in [0.29, 0.717) is 5.58 Å². The summed E-state index contributed by atoms with van der Waals surface area (Å²) in [7, 11) is 1.36. The van der Waals surface area contributed by atoms with E-state index in [1.807, 2.05) is 194 Å². The van der Waals surface area contributed by atoms with Crippen molar-refractivity contribution in [2.45, 2.75) is 76.2 Å². The molecule has 0 aliphatic rings. The first-order chi connectivity index (χ1) is 38.6. The number of rotatable bonds is 9. The molecule has 0 aliphatic heterocycles. The van der Waals surface area contributed by atoms with Crippen molar-refractivity contribution in [2.75, 3.05) is 7.11 Å². The topological polar surface area (TPSA) is 98.3 Å². The summed E-state index contributed by atoms with van der Waals surface area (Å²) >= 11 is 0. The van der Waals surface area contributed by atoms with Crippen molar-refractivity contribution in [3.63, 3.8) is 0 Å². The van der Waals surface area contributed by atoms with E-state index < -0.39 is 0 Å². The molecule has 0 bridgehead atoms. The number of ketones is 1. The number of benzene rings is 8. The van der Waals surface area contributed by atoms with E-state index in [2.05, 4.69) is 115 Å². The second-order valence-electron chi connectivity index (χ2n) is 18.1. The number of aryl methyl sites for hydroxylation is 7. The first-order valence-electron chi connectivity index (χ1n) is 26.5. The summed E-state index contributed by atoms with van der Waals surface area (Å²) in [5.74, 6) is 5.07. The molecule has 8 aromatic carbocycles. The van der Waals surface area contributed by atoms with Gasteiger partial charge in [-0.15, -0.1) is 11.8 Å². The Kier molecular flexibility index (Phi) is 30.2. The van der Waals surface area contributed by atoms with E-state index in [-0.39, 0.29) is 17.4 Å². The van der Waals surface area contributed by atoms with Gasteiger partial charge in [-0.1, -0.05) is 235 Å². The number of esters is 1. The van der Waals surface area contributed by atoms with Gasteiger partial charge in [0.25, 0.3) is 0 Å². The molecule has 408 valence electrons. The van der Waals surface area contributed by atoms with Gasteiger partial charge >= 0.3 is 11.6 Å². The monoisotopic (exact) mass is 1060 g/mol. The molecule has 0 N–H and O–H groups in total. The summed E-state index contributed by atoms with van der Waals surface area (Å²) in [5, 5.41) is 9.30. The standard InChI is InChI=1S/C17H16O.C16H16.C14H14N2.C11H12O2.C9H6O2.C4H6.C2H6/c1-13-3-7-15(8-4-13)9-12-17(18)16-10-5-14(2)6-11-16;1-13-3-7-15(8-4-13)11-12-16-9-5-14(2)6-10-16;1-11-3-7-13(8-4-11)15-16-14-9-5-12(2)6-10-14;1-9-3-5-10(6-4-9)7-8-11(12)13-2;10-9-6-5-7-3-1-2-4-8(7)11-9;1-3-4-2;1-2/h3-12H,1-2H3;3-12H,1-2H3;3-10H,1-2H3;3-8H,1-2H3;1-6H;1-2H3;1-2H3/b12-9+;12-11+;;8-7+;;;. The van der Waals surface area contributed by atoms with Gasteiger partial charge in [0.15, 0.2) is 5.78 Å². The minimum atomic E-state index is -0.333. The van der Waals surface area contributed by atoms with Crippen molar-refractivity contribution in [3.8, 4) is 11.8 Å². The molecule has 0 fully saturated rings. The quantitative estimate of drug-likeness (QED) is 0.0273. The maximum absolute atomic E-state index is 11.9. The highest BCUT2D eigenvalue weighted by atomic mass is 16.5. The molecule has 7 heteroatoms. The zero-order valence-electron chi connectivity index (χ0n) is 48.5. The summed E-state index contributed by atoms with van der Waals surface area (Å²) in [4.78, 5) is 33.4. The van der Waals surface area contributed by atoms with Crippen LogP contribution in [-0.2, 0) is 9.53 Å². The Balaban J connectivity index is 0.000000258. The largest absolute Gasteiger partial charge is 0.466 e. The molecule has 0 atom stereocenters. The Bertz CT molecular complexity index is 3270. The van der Waals surface area contributed by atoms with E-state index in [4.69, 9.17) is 4.42 Å². The number of fused-ring (bicyclic) bond motifs is 1. The van der Waals surface area contributed by atoms with Crippen LogP contribution in [0.3, 0.4) is 0 Å². The van der Waals surface area contributed by atoms with Crippen LogP contribution in [-0.4, -0.2) is 18.9 Å². The molecule has 0 unspecified atom stereocenters. The number of para-hydroxylation sites is 1. The third-order valence-corrected chi connectivity index (χ3v) is 11.3. The molecule has 0 aliphatic carbocycles. The third-order valence-electron chi connectivity index (χ3n) is 11.3. The molecule has 0 saturated carbocycles. The van der Waals surface area contributed by atoms with Crippen LogP contribution >= 0.6 is 0 Å². The average molecular weight is 1060 g/mol. The van der Waals surface area contributed by atoms with Crippen LogP contribution in [0, 0.1) is 60.3 Å². The van der Waals surface area contributed by atoms with Gasteiger partial charge in [0.05, 0.1) is 18.5 Å². The third kappa shape index (κ3) is 27.0. The van der Waals surface area contributed by atoms with Gasteiger partial charge in [-0.2, -0.15) is 10.2 Å². The maximum atomic E-state index is 11.9. The molecule has 9 aromatic rings. The first kappa shape index (κ1) is 64.8. The molecule has 1 heterocycles. The van der Waals surface area contributed by atoms with Gasteiger partial charge in [-0.3, -0.25) is 4.79 Å². The van der Waals surface area contributed by atoms with Crippen molar-refractivity contribution >= 4 is 58.4 Å². The second-order valence-corrected chi connectivity index (χ2v) is 18.1. The Morgan fingerprint density at radius 1 is 0.412 bits per heavy atom. The molecule has 0 radical (unpaired) electrons. The van der Waals surface area contributed by atoms with Crippen LogP contribution < -0.4 is 5.63 Å². The lowest BCUT2D eigenvalue weighted by Crippen LogP contribution is -1.93. The molecular formula is C73H76N2O5. The van der Waals surface area contributed by atoms with Gasteiger partial charge in [0, 0.05) is 23.1 Å². The molecule has 0 amide bonds. The van der Waals surface area contributed by atoms with Crippen molar-refractivity contribution in [3.05, 3.63) is 296 Å². The highest BCUT2D eigenvalue weighted by Gasteiger charge is 2.01. The van der Waals surface area contributed by atoms with Gasteiger partial charge in [0.2, 0.25) is 0 Å². The van der Waals surface area contributed by atoms with Crippen molar-refractivity contribution in [2.24, 2.45) is 10.2 Å². The number of methoxy groups -OCH3 is 1. The maximum Gasteiger partial charge on any atom is 0.336 e. The molecule has 80 heavy (non-hydrogen) atoms. The highest BCUT2D eigenvalue weighted by molar-refractivity contribution is 6.06. The van der Waals surface area contributed by atoms with Gasteiger partial charge < -0.3 is 9.15 Å². The van der Waals surface area contributed by atoms with Crippen LogP contribution in [0.15, 0.2) is 238 Å². The molecule has 7 nitrogen and oxygen atoms in total. The van der Waals surface area contributed by atoms with E-state index in [1.165, 1.54) is 63.8 Å². The fraction of sp³-hybridized carbons (Fsp3) is 0.164. The summed E-state index contributed by atoms with van der Waals surface area (Å²) < 4.78 is 9.38. The molecule has 1 aromatic heterocycles. The minimum Gasteiger partial charge on any atom is -0.466 e. The van der Waals surface area contributed by atoms with Gasteiger partial charge in [-0.05, 0) is 133 Å². The second kappa shape index (κ2) is 37.3. The Labute approximate surface area is 475 Å². The lowest BCUT2D eigenvalue weighted by molar-refractivity contribution is -0.134. The van der Waals surface area contributed by atoms with E-state index >= 15 is 0 Å². The van der Waals surface area contributed by atoms with Crippen molar-refractivity contribution in [1.82, 2.24) is 0 Å². The Morgan fingerprint density at radius 2 is 0.738 bits per heavy atom. The van der Waals surface area contributed by atoms with Gasteiger partial charge in [-0.25, -0.2) is 9.59 Å². The lowest BCUT2D eigenvalue weighted by Gasteiger charge is -1.97. The number of azo groups is 1. The number of nitrogens with zero attached hydrogens (tertiary/aromatic N) is 2. The van der Waals surface area contributed by atoms with Crippen LogP contribution in [0.2, 0.25) is 0 Å². The first-order valence-corrected chi connectivity index (χ1v) is 26.5. The molecule has 9 rings (SSSR count). The zero-order chi connectivity index (χ0) is 58.5. The number of ether oxygens (including phenoxy) is 1. The molecular weight excluding hydrogens is 985 g/mol. The fourth-order valence-electron chi connectivity index (χ4n) is 6.47. The van der Waals surface area contributed by atoms with E-state index in [1.54, 1.807) is 24.3 Å². The normalized spacial score (nSPS) is 10.1. The van der Waals surface area contributed by atoms with Crippen LogP contribution in [0.25, 0.3) is 35.3 Å². The number of carbonyl (C=O) groups is 2. The predicted molar refractivity (Wildman–Crippen MR) is 339 cm³/mol. The molecule has 0 spiro atoms. The van der Waals surface area contributed by atoms with E-state index in [9.17, 15) is 14.4 Å². The SMILES string of the molecule is CC.CC#CC.COC(=O)/C=C/c1ccc(C)cc1.Cc1ccc(/C=C/C(=O)c2ccc(C)cc2)cc1.Cc1ccc(/C=C/c2ccc(C)cc2)cc1.Cc1ccc(N=Nc2ccc(C)cc2)cc1.O=c1ccc2ccccc2o1. The smallest absolute Gasteiger partial charge is 0.336 e. The number of allylic oxidation sites excluding steroid dienone is 1. The van der Waals surface area contributed by atoms with Crippen LogP contribution in [0.1, 0.15) is 99.3 Å². The average Bonchev–Trinajstić information content (AvgIpc) is 3.49. The summed E-state index contributed by atoms with van der Waals surface area (Å²) in [6, 6.07) is 67.3. The molecule has 0 saturated heterocycles. The van der Waals surface area contributed by atoms with Crippen molar-refractivity contribution in [1.29, 1.82) is 0 Å². The summed E-state index contributed by atoms with van der Waals surface area (Å²) in [5.41, 5.74) is 16.0. The van der Waals surface area contributed by atoms with Crippen molar-refractivity contribution < 1.29 is 18.7 Å². The number of hydrogen-bond donors (Lipinski definition) is 0. The number of hydrogen-bond acceptors (Lipinski definition) is 7. The van der Waals surface area contributed by atoms with E-state index in [0.717, 1.165) is 39.0 Å². The lowest BCUT2D eigenvalue weighted by atomic mass is 10.1. The highest BCUT2D eigenvalue weighted by Crippen LogP contribution is 2.19. The predicted octanol–water partition coefficient (Wildman–Crippen LogP) is 19.4. The van der Waals surface area contributed by atoms with Crippen LogP contribution in [0.5, 0.6) is 0 Å². The Morgan fingerprint density at radius 3 is 1.10 bits per heavy atom. The Hall–Kier alpha value is -9.51. The zero-order valence-corrected chi connectivity index (χ0v) is 48.5. The number of carbonyl (C=O) groups excluding carboxylic acids is 2.